The van der Waals surface area contributed by atoms with Crippen LogP contribution in [0, 0.1) is 0 Å². The number of fused-ring (bicyclic) bond motifs is 2. The molecule has 9 heavy (non-hydrogen) atoms. The zero-order chi connectivity index (χ0) is 6.27. The van der Waals surface area contributed by atoms with E-state index in [-0.39, 0.29) is 0 Å². The molecule has 0 aliphatic carbocycles. The molecule has 2 fully saturated rings. The molecule has 2 rings (SSSR count). The molecule has 2 aliphatic heterocycles. The summed E-state index contributed by atoms with van der Waals surface area (Å²) in [5.41, 5.74) is 0. The molecule has 52 valence electrons. The zero-order valence-corrected chi connectivity index (χ0v) is 5.76. The van der Waals surface area contributed by atoms with Crippen molar-refractivity contribution < 1.29 is 4.74 Å². The van der Waals surface area contributed by atoms with E-state index in [1.807, 2.05) is 7.11 Å². The van der Waals surface area contributed by atoms with Crippen molar-refractivity contribution >= 4 is 0 Å². The summed E-state index contributed by atoms with van der Waals surface area (Å²) in [6.45, 7) is 0. The number of rotatable bonds is 1. The molecule has 2 aliphatic rings. The summed E-state index contributed by atoms with van der Waals surface area (Å²) in [5, 5.41) is 3.50. The van der Waals surface area contributed by atoms with Gasteiger partial charge in [0.1, 0.15) is 0 Å². The summed E-state index contributed by atoms with van der Waals surface area (Å²) in [4.78, 5) is 0. The van der Waals surface area contributed by atoms with Crippen LogP contribution >= 0.6 is 0 Å². The van der Waals surface area contributed by atoms with Crippen molar-refractivity contribution in [3.63, 3.8) is 0 Å². The maximum Gasteiger partial charge on any atom is 0.0739 e. The molecule has 2 heterocycles. The average Bonchev–Trinajstić information content (AvgIpc) is 2.45. The minimum Gasteiger partial charge on any atom is -0.380 e. The second-order valence-electron chi connectivity index (χ2n) is 3.06. The highest BCUT2D eigenvalue weighted by Crippen LogP contribution is 2.29. The molecule has 0 amide bonds. The van der Waals surface area contributed by atoms with Gasteiger partial charge in [-0.3, -0.25) is 0 Å². The first-order chi connectivity index (χ1) is 4.40. The van der Waals surface area contributed by atoms with Crippen LogP contribution in [0.25, 0.3) is 0 Å². The van der Waals surface area contributed by atoms with Crippen molar-refractivity contribution in [3.05, 3.63) is 0 Å². The van der Waals surface area contributed by atoms with E-state index in [2.05, 4.69) is 5.32 Å². The molecule has 0 spiro atoms. The van der Waals surface area contributed by atoms with Gasteiger partial charge in [0, 0.05) is 19.2 Å². The maximum atomic E-state index is 5.28. The Morgan fingerprint density at radius 2 is 2.33 bits per heavy atom. The normalized spacial score (nSPS) is 48.3. The van der Waals surface area contributed by atoms with Crippen LogP contribution in [0.5, 0.6) is 0 Å². The van der Waals surface area contributed by atoms with Gasteiger partial charge in [0.15, 0.2) is 0 Å². The third-order valence-electron chi connectivity index (χ3n) is 2.54. The lowest BCUT2D eigenvalue weighted by Crippen LogP contribution is -2.27. The summed E-state index contributed by atoms with van der Waals surface area (Å²) in [7, 11) is 1.81. The molecule has 2 nitrogen and oxygen atoms in total. The molecule has 2 saturated heterocycles. The van der Waals surface area contributed by atoms with Crippen LogP contribution in [0.1, 0.15) is 19.3 Å². The van der Waals surface area contributed by atoms with Gasteiger partial charge in [-0.2, -0.15) is 0 Å². The van der Waals surface area contributed by atoms with Crippen LogP contribution in [0.3, 0.4) is 0 Å². The smallest absolute Gasteiger partial charge is 0.0739 e. The highest BCUT2D eigenvalue weighted by atomic mass is 16.5. The minimum absolute atomic E-state index is 0.517. The molecule has 0 unspecified atom stereocenters. The van der Waals surface area contributed by atoms with E-state index >= 15 is 0 Å². The topological polar surface area (TPSA) is 21.3 Å². The van der Waals surface area contributed by atoms with E-state index in [1.165, 1.54) is 19.3 Å². The Labute approximate surface area is 55.6 Å². The monoisotopic (exact) mass is 127 g/mol. The molecular formula is C7H13NO. The Bertz CT molecular complexity index is 115. The summed E-state index contributed by atoms with van der Waals surface area (Å²) >= 11 is 0. The lowest BCUT2D eigenvalue weighted by atomic mass is 9.98. The molecule has 0 aromatic rings. The largest absolute Gasteiger partial charge is 0.380 e. The van der Waals surface area contributed by atoms with Crippen molar-refractivity contribution in [2.24, 2.45) is 0 Å². The fourth-order valence-corrected chi connectivity index (χ4v) is 2.03. The molecule has 2 heteroatoms. The fraction of sp³-hybridized carbons (Fsp3) is 1.00. The van der Waals surface area contributed by atoms with Crippen LogP contribution in [-0.4, -0.2) is 25.3 Å². The Balaban J connectivity index is 2.01. The summed E-state index contributed by atoms with van der Waals surface area (Å²) < 4.78 is 5.28. The van der Waals surface area contributed by atoms with Gasteiger partial charge in [0.25, 0.3) is 0 Å². The van der Waals surface area contributed by atoms with Gasteiger partial charge in [-0.05, 0) is 19.3 Å². The predicted octanol–water partition coefficient (Wildman–Crippen LogP) is 0.526. The molecule has 2 bridgehead atoms. The van der Waals surface area contributed by atoms with Gasteiger partial charge in [0.2, 0.25) is 0 Å². The van der Waals surface area contributed by atoms with Gasteiger partial charge in [-0.25, -0.2) is 0 Å². The van der Waals surface area contributed by atoms with Gasteiger partial charge < -0.3 is 10.1 Å². The van der Waals surface area contributed by atoms with Gasteiger partial charge in [-0.1, -0.05) is 0 Å². The van der Waals surface area contributed by atoms with Crippen molar-refractivity contribution in [2.75, 3.05) is 7.11 Å². The van der Waals surface area contributed by atoms with Crippen molar-refractivity contribution in [1.29, 1.82) is 0 Å². The number of nitrogens with one attached hydrogen (secondary N) is 1. The first kappa shape index (κ1) is 5.69. The standard InChI is InChI=1S/C7H13NO/c1-9-7-4-5-2-3-6(7)8-5/h5-8H,2-4H2,1H3/t5-,6+,7-/m0/s1. The number of hydrogen-bond acceptors (Lipinski definition) is 2. The lowest BCUT2D eigenvalue weighted by Gasteiger charge is -2.17. The number of methoxy groups -OCH3 is 1. The quantitative estimate of drug-likeness (QED) is 0.554. The van der Waals surface area contributed by atoms with Crippen molar-refractivity contribution in [3.8, 4) is 0 Å². The predicted molar refractivity (Wildman–Crippen MR) is 35.4 cm³/mol. The Kier molecular flexibility index (Phi) is 1.24. The third kappa shape index (κ3) is 0.775. The zero-order valence-electron chi connectivity index (χ0n) is 5.76. The molecule has 3 atom stereocenters. The van der Waals surface area contributed by atoms with E-state index in [0.29, 0.717) is 12.1 Å². The van der Waals surface area contributed by atoms with E-state index < -0.39 is 0 Å². The van der Waals surface area contributed by atoms with Crippen molar-refractivity contribution in [2.45, 2.75) is 37.5 Å². The Hall–Kier alpha value is -0.0800. The molecule has 0 aromatic heterocycles. The van der Waals surface area contributed by atoms with E-state index in [0.717, 1.165) is 6.04 Å². The van der Waals surface area contributed by atoms with Crippen LogP contribution in [0.2, 0.25) is 0 Å². The van der Waals surface area contributed by atoms with Crippen LogP contribution in [-0.2, 0) is 4.74 Å². The van der Waals surface area contributed by atoms with E-state index in [1.54, 1.807) is 0 Å². The van der Waals surface area contributed by atoms with Crippen LogP contribution in [0.4, 0.5) is 0 Å². The summed E-state index contributed by atoms with van der Waals surface area (Å²) in [6, 6.07) is 1.46. The maximum absolute atomic E-state index is 5.28. The lowest BCUT2D eigenvalue weighted by molar-refractivity contribution is 0.0819. The van der Waals surface area contributed by atoms with Gasteiger partial charge in [-0.15, -0.1) is 0 Å². The molecule has 0 saturated carbocycles. The third-order valence-corrected chi connectivity index (χ3v) is 2.54. The fourth-order valence-electron chi connectivity index (χ4n) is 2.03. The second kappa shape index (κ2) is 1.96. The first-order valence-corrected chi connectivity index (χ1v) is 3.69. The molecule has 0 aromatic carbocycles. The average molecular weight is 127 g/mol. The Morgan fingerprint density at radius 3 is 2.67 bits per heavy atom. The van der Waals surface area contributed by atoms with Crippen LogP contribution < -0.4 is 5.32 Å². The van der Waals surface area contributed by atoms with E-state index in [9.17, 15) is 0 Å². The minimum atomic E-state index is 0.517. The highest BCUT2D eigenvalue weighted by molar-refractivity contribution is 4.98. The van der Waals surface area contributed by atoms with Crippen molar-refractivity contribution in [1.82, 2.24) is 5.32 Å². The number of ether oxygens (including phenoxy) is 1. The summed E-state index contributed by atoms with van der Waals surface area (Å²) in [6.07, 6.45) is 4.44. The number of hydrogen-bond donors (Lipinski definition) is 1. The first-order valence-electron chi connectivity index (χ1n) is 3.69. The second-order valence-corrected chi connectivity index (χ2v) is 3.06. The SMILES string of the molecule is CO[C@H]1C[C@@H]2CC[C@H]1N2. The van der Waals surface area contributed by atoms with Gasteiger partial charge in [0.05, 0.1) is 6.10 Å². The molecule has 0 radical (unpaired) electrons. The molecule has 1 N–H and O–H groups in total. The highest BCUT2D eigenvalue weighted by Gasteiger charge is 2.38. The summed E-state index contributed by atoms with van der Waals surface area (Å²) in [5.74, 6) is 0. The van der Waals surface area contributed by atoms with E-state index in [4.69, 9.17) is 4.74 Å². The Morgan fingerprint density at radius 1 is 1.44 bits per heavy atom. The van der Waals surface area contributed by atoms with Crippen LogP contribution in [0.15, 0.2) is 0 Å². The van der Waals surface area contributed by atoms with Gasteiger partial charge >= 0.3 is 0 Å². The molecular weight excluding hydrogens is 114 g/mol.